The lowest BCUT2D eigenvalue weighted by Gasteiger charge is -2.24. The molecule has 24 heavy (non-hydrogen) atoms. The van der Waals surface area contributed by atoms with Crippen LogP contribution in [0.4, 0.5) is 0 Å². The molecule has 0 saturated carbocycles. The van der Waals surface area contributed by atoms with Crippen LogP contribution in [0.2, 0.25) is 10.4 Å². The molecule has 10 heteroatoms. The topological polar surface area (TPSA) is 68.6 Å². The average Bonchev–Trinajstić information content (AvgIpc) is 2.54. The Labute approximate surface area is 159 Å². The molecule has 6 nitrogen and oxygen atoms in total. The van der Waals surface area contributed by atoms with Gasteiger partial charge in [0.05, 0.1) is 14.2 Å². The zero-order chi connectivity index (χ0) is 18.3. The number of halogens is 4. The Balaban J connectivity index is 0.000000240. The van der Waals surface area contributed by atoms with E-state index in [2.05, 4.69) is 33.4 Å². The van der Waals surface area contributed by atoms with Gasteiger partial charge in [-0.15, -0.1) is 0 Å². The van der Waals surface area contributed by atoms with Crippen molar-refractivity contribution in [2.45, 2.75) is 5.00 Å². The summed E-state index contributed by atoms with van der Waals surface area (Å²) in [5, 5.41) is 3.15. The van der Waals surface area contributed by atoms with Crippen molar-refractivity contribution in [3.63, 3.8) is 0 Å². The minimum Gasteiger partial charge on any atom is -0.495 e. The first-order valence-corrected chi connectivity index (χ1v) is 7.81. The highest BCUT2D eigenvalue weighted by Gasteiger charge is 2.32. The van der Waals surface area contributed by atoms with Crippen LogP contribution in [0.15, 0.2) is 36.2 Å². The van der Waals surface area contributed by atoms with Crippen molar-refractivity contribution in [2.24, 2.45) is 4.99 Å². The van der Waals surface area contributed by atoms with Crippen LogP contribution in [-0.2, 0) is 4.74 Å². The van der Waals surface area contributed by atoms with E-state index in [-0.39, 0.29) is 15.7 Å². The van der Waals surface area contributed by atoms with Crippen LogP contribution in [0, 0.1) is 0 Å². The van der Waals surface area contributed by atoms with E-state index in [1.165, 1.54) is 26.4 Å². The van der Waals surface area contributed by atoms with Gasteiger partial charge in [0.1, 0.15) is 5.69 Å². The molecule has 1 atom stereocenters. The third kappa shape index (κ3) is 5.01. The van der Waals surface area contributed by atoms with Gasteiger partial charge in [-0.3, -0.25) is 0 Å². The molecule has 0 aliphatic carbocycles. The van der Waals surface area contributed by atoms with E-state index in [9.17, 15) is 0 Å². The summed E-state index contributed by atoms with van der Waals surface area (Å²) in [4.78, 5) is 10.4. The highest BCUT2D eigenvalue weighted by molar-refractivity contribution is 6.65. The van der Waals surface area contributed by atoms with Crippen molar-refractivity contribution in [1.82, 2.24) is 15.3 Å². The molecule has 0 saturated heterocycles. The number of aliphatic imine (C=N–C) groups is 1. The first-order chi connectivity index (χ1) is 11.3. The predicted molar refractivity (Wildman–Crippen MR) is 99.0 cm³/mol. The lowest BCUT2D eigenvalue weighted by atomic mass is 10.2. The van der Waals surface area contributed by atoms with Crippen LogP contribution >= 0.6 is 46.4 Å². The van der Waals surface area contributed by atoms with Gasteiger partial charge >= 0.3 is 0 Å². The zero-order valence-corrected chi connectivity index (χ0v) is 15.8. The van der Waals surface area contributed by atoms with Gasteiger partial charge in [0.25, 0.3) is 0 Å². The van der Waals surface area contributed by atoms with Crippen molar-refractivity contribution >= 4 is 57.8 Å². The van der Waals surface area contributed by atoms with Crippen LogP contribution in [-0.4, -0.2) is 34.5 Å². The van der Waals surface area contributed by atoms with Gasteiger partial charge in [-0.25, -0.2) is 15.0 Å². The number of nitrogens with zero attached hydrogens (tertiary/aromatic N) is 3. The van der Waals surface area contributed by atoms with Crippen molar-refractivity contribution in [1.29, 1.82) is 0 Å². The van der Waals surface area contributed by atoms with E-state index >= 15 is 0 Å². The number of methoxy groups -OCH3 is 2. The molecule has 2 rings (SSSR count). The second kappa shape index (κ2) is 9.13. The average molecular weight is 412 g/mol. The first-order valence-electron chi connectivity index (χ1n) is 6.29. The standard InChI is InChI=1S/C7H8Cl2N2O.C7H6Cl2N2O/c1-3-7(9)5(12-2)4-10-6(8)11-7;1-3-4-5(12-2)6(8)11-7(9)10-4/h3-4H,1H2,2H3,(H,10,11);3H,1H2,2H3. The zero-order valence-electron chi connectivity index (χ0n) is 12.8. The normalized spacial score (nSPS) is 18.9. The summed E-state index contributed by atoms with van der Waals surface area (Å²) < 4.78 is 9.91. The Hall–Kier alpha value is -1.47. The summed E-state index contributed by atoms with van der Waals surface area (Å²) in [5.74, 6) is 0.847. The van der Waals surface area contributed by atoms with Gasteiger partial charge in [0, 0.05) is 6.20 Å². The van der Waals surface area contributed by atoms with Crippen molar-refractivity contribution in [2.75, 3.05) is 14.2 Å². The molecular weight excluding hydrogens is 398 g/mol. The van der Waals surface area contributed by atoms with Gasteiger partial charge in [0.2, 0.25) is 10.3 Å². The number of rotatable bonds is 4. The van der Waals surface area contributed by atoms with E-state index in [0.29, 0.717) is 17.2 Å². The minimum atomic E-state index is -1.07. The van der Waals surface area contributed by atoms with Crippen LogP contribution < -0.4 is 10.1 Å². The molecule has 1 aromatic rings. The largest absolute Gasteiger partial charge is 0.495 e. The molecule has 2 heterocycles. The molecule has 0 bridgehead atoms. The Morgan fingerprint density at radius 1 is 1.17 bits per heavy atom. The maximum absolute atomic E-state index is 6.00. The molecule has 0 radical (unpaired) electrons. The van der Waals surface area contributed by atoms with E-state index in [0.717, 1.165) is 0 Å². The monoisotopic (exact) mass is 410 g/mol. The Morgan fingerprint density at radius 3 is 2.33 bits per heavy atom. The van der Waals surface area contributed by atoms with E-state index in [4.69, 9.17) is 55.9 Å². The smallest absolute Gasteiger partial charge is 0.224 e. The SMILES string of the molecule is C=CC1(Cl)N=C(Cl)NC=C1OC.C=Cc1nc(Cl)nc(Cl)c1OC. The maximum atomic E-state index is 6.00. The number of ether oxygens (including phenoxy) is 2. The summed E-state index contributed by atoms with van der Waals surface area (Å²) in [6.07, 6.45) is 4.50. The summed E-state index contributed by atoms with van der Waals surface area (Å²) in [5.41, 5.74) is 0.488. The van der Waals surface area contributed by atoms with Crippen LogP contribution in [0.5, 0.6) is 5.75 Å². The number of nitrogens with one attached hydrogen (secondary N) is 1. The number of hydrogen-bond donors (Lipinski definition) is 1. The number of amidine groups is 1. The van der Waals surface area contributed by atoms with Gasteiger partial charge in [0.15, 0.2) is 22.0 Å². The number of hydrogen-bond acceptors (Lipinski definition) is 6. The Kier molecular flexibility index (Phi) is 7.83. The van der Waals surface area contributed by atoms with E-state index in [1.807, 2.05) is 0 Å². The molecule has 0 aromatic carbocycles. The van der Waals surface area contributed by atoms with Crippen molar-refractivity contribution < 1.29 is 9.47 Å². The van der Waals surface area contributed by atoms with Crippen LogP contribution in [0.1, 0.15) is 5.69 Å². The van der Waals surface area contributed by atoms with E-state index < -0.39 is 5.00 Å². The molecule has 1 aromatic heterocycles. The summed E-state index contributed by atoms with van der Waals surface area (Å²) in [6.45, 7) is 7.08. The molecule has 1 N–H and O–H groups in total. The molecule has 0 fully saturated rings. The fourth-order valence-corrected chi connectivity index (χ4v) is 2.46. The third-order valence-electron chi connectivity index (χ3n) is 2.64. The highest BCUT2D eigenvalue weighted by Crippen LogP contribution is 2.30. The maximum Gasteiger partial charge on any atom is 0.224 e. The van der Waals surface area contributed by atoms with Gasteiger partial charge < -0.3 is 14.8 Å². The fourth-order valence-electron chi connectivity index (χ4n) is 1.54. The summed E-state index contributed by atoms with van der Waals surface area (Å²) in [7, 11) is 2.98. The molecule has 1 aliphatic heterocycles. The first kappa shape index (κ1) is 20.6. The van der Waals surface area contributed by atoms with Crippen molar-refractivity contribution in [3.8, 4) is 5.75 Å². The second-order valence-corrected chi connectivity index (χ2v) is 5.67. The second-order valence-electron chi connectivity index (χ2n) is 4.04. The van der Waals surface area contributed by atoms with Gasteiger partial charge in [-0.05, 0) is 35.4 Å². The quantitative estimate of drug-likeness (QED) is 0.264. The molecule has 1 unspecified atom stereocenters. The number of alkyl halides is 1. The Bertz CT molecular complexity index is 694. The molecule has 1 aliphatic rings. The fraction of sp³-hybridized carbons (Fsp3) is 0.214. The minimum absolute atomic E-state index is 0.0794. The van der Waals surface area contributed by atoms with Gasteiger partial charge in [-0.1, -0.05) is 36.4 Å². The number of aromatic nitrogens is 2. The molecular formula is C14H14Cl4N4O2. The summed E-state index contributed by atoms with van der Waals surface area (Å²) in [6, 6.07) is 0. The molecule has 130 valence electrons. The molecule has 0 amide bonds. The van der Waals surface area contributed by atoms with E-state index in [1.54, 1.807) is 6.20 Å². The highest BCUT2D eigenvalue weighted by atomic mass is 35.5. The predicted octanol–water partition coefficient (Wildman–Crippen LogP) is 4.23. The molecule has 0 spiro atoms. The van der Waals surface area contributed by atoms with Crippen LogP contribution in [0.3, 0.4) is 0 Å². The van der Waals surface area contributed by atoms with Crippen LogP contribution in [0.25, 0.3) is 6.08 Å². The third-order valence-corrected chi connectivity index (χ3v) is 3.68. The Morgan fingerprint density at radius 2 is 1.83 bits per heavy atom. The lowest BCUT2D eigenvalue weighted by Crippen LogP contribution is -2.30. The summed E-state index contributed by atoms with van der Waals surface area (Å²) >= 11 is 22.9. The van der Waals surface area contributed by atoms with Crippen molar-refractivity contribution in [3.05, 3.63) is 47.3 Å². The lowest BCUT2D eigenvalue weighted by molar-refractivity contribution is 0.262. The van der Waals surface area contributed by atoms with Gasteiger partial charge in [-0.2, -0.15) is 0 Å².